The van der Waals surface area contributed by atoms with Crippen molar-refractivity contribution in [3.63, 3.8) is 0 Å². The summed E-state index contributed by atoms with van der Waals surface area (Å²) in [5, 5.41) is 3.86. The van der Waals surface area contributed by atoms with Crippen LogP contribution in [-0.2, 0) is 31.2 Å². The third-order valence-corrected chi connectivity index (χ3v) is 6.27. The van der Waals surface area contributed by atoms with Gasteiger partial charge in [0.25, 0.3) is 0 Å². The van der Waals surface area contributed by atoms with Gasteiger partial charge in [0.2, 0.25) is 11.5 Å². The standard InChI is InChI=1S/C25H25FN8O2/c1-14-4-5-17(23-29-11-15(34(14)23)10-22(27)35)19-13-31-25(33(3)24(19)32-28-2)30-12-18-16-8-9-36-21(16)7-6-20(18)26/h4-7,11,13,32H,2,8-10,12H2,1,3H3,(H2,27,35). The van der Waals surface area contributed by atoms with Crippen LogP contribution < -0.4 is 21.5 Å². The average Bonchev–Trinajstić information content (AvgIpc) is 3.49. The predicted octanol–water partition coefficient (Wildman–Crippen LogP) is 2.27. The normalized spacial score (nSPS) is 13.0. The quantitative estimate of drug-likeness (QED) is 0.305. The molecule has 5 rings (SSSR count). The number of ether oxygens (including phenoxy) is 1. The number of hydrogen-bond acceptors (Lipinski definition) is 7. The SMILES string of the molecule is C=NNc1c(-c2ccc(C)n3c(CC(N)=O)cnc23)cnc(=NCc2c(F)ccc3c2CCO3)n1C. The van der Waals surface area contributed by atoms with Crippen LogP contribution in [0, 0.1) is 12.7 Å². The number of carbonyl (C=O) groups excluding carboxylic acids is 1. The van der Waals surface area contributed by atoms with E-state index in [0.29, 0.717) is 52.7 Å². The van der Waals surface area contributed by atoms with Gasteiger partial charge in [-0.3, -0.25) is 14.8 Å². The van der Waals surface area contributed by atoms with Crippen molar-refractivity contribution in [1.82, 2.24) is 18.9 Å². The van der Waals surface area contributed by atoms with Crippen LogP contribution >= 0.6 is 0 Å². The fourth-order valence-corrected chi connectivity index (χ4v) is 4.58. The highest BCUT2D eigenvalue weighted by molar-refractivity contribution is 5.85. The first-order valence-corrected chi connectivity index (χ1v) is 11.3. The molecule has 184 valence electrons. The average molecular weight is 489 g/mol. The molecule has 0 radical (unpaired) electrons. The third kappa shape index (κ3) is 3.98. The van der Waals surface area contributed by atoms with Gasteiger partial charge in [0, 0.05) is 60.5 Å². The van der Waals surface area contributed by atoms with Crippen molar-refractivity contribution in [2.75, 3.05) is 12.0 Å². The van der Waals surface area contributed by atoms with Crippen LogP contribution in [0.15, 0.2) is 46.8 Å². The fraction of sp³-hybridized carbons (Fsp3) is 0.240. The number of pyridine rings is 1. The van der Waals surface area contributed by atoms with E-state index in [1.807, 2.05) is 23.5 Å². The first-order chi connectivity index (χ1) is 17.4. The second kappa shape index (κ2) is 9.25. The third-order valence-electron chi connectivity index (χ3n) is 6.27. The number of aromatic nitrogens is 4. The van der Waals surface area contributed by atoms with E-state index in [-0.39, 0.29) is 18.8 Å². The molecule has 0 atom stereocenters. The number of anilines is 1. The Bertz CT molecular complexity index is 1590. The van der Waals surface area contributed by atoms with Gasteiger partial charge in [-0.05, 0) is 31.2 Å². The molecule has 1 amide bonds. The van der Waals surface area contributed by atoms with Crippen LogP contribution in [0.2, 0.25) is 0 Å². The van der Waals surface area contributed by atoms with Crippen molar-refractivity contribution in [3.8, 4) is 16.9 Å². The molecule has 3 N–H and O–H groups in total. The molecule has 0 saturated heterocycles. The van der Waals surface area contributed by atoms with E-state index >= 15 is 0 Å². The van der Waals surface area contributed by atoms with Crippen molar-refractivity contribution >= 4 is 24.1 Å². The monoisotopic (exact) mass is 488 g/mol. The number of carbonyl (C=O) groups is 1. The van der Waals surface area contributed by atoms with Gasteiger partial charge in [0.05, 0.1) is 25.3 Å². The molecule has 0 fully saturated rings. The summed E-state index contributed by atoms with van der Waals surface area (Å²) < 4.78 is 23.8. The molecule has 1 aromatic carbocycles. The number of hydrogen-bond donors (Lipinski definition) is 2. The van der Waals surface area contributed by atoms with E-state index in [4.69, 9.17) is 10.5 Å². The summed E-state index contributed by atoms with van der Waals surface area (Å²) in [4.78, 5) is 25.2. The first kappa shape index (κ1) is 23.2. The number of benzene rings is 1. The Balaban J connectivity index is 1.61. The number of aryl methyl sites for hydroxylation is 1. The molecule has 0 spiro atoms. The first-order valence-electron chi connectivity index (χ1n) is 11.3. The number of rotatable bonds is 7. The molecule has 10 nitrogen and oxygen atoms in total. The van der Waals surface area contributed by atoms with E-state index in [2.05, 4.69) is 32.2 Å². The van der Waals surface area contributed by atoms with Crippen molar-refractivity contribution in [3.05, 3.63) is 70.6 Å². The zero-order valence-electron chi connectivity index (χ0n) is 20.0. The summed E-state index contributed by atoms with van der Waals surface area (Å²) in [6, 6.07) is 6.91. The molecule has 1 aliphatic rings. The Morgan fingerprint density at radius 3 is 2.86 bits per heavy atom. The maximum atomic E-state index is 14.6. The number of nitrogens with two attached hydrogens (primary N) is 1. The lowest BCUT2D eigenvalue weighted by molar-refractivity contribution is -0.117. The Kier molecular flexibility index (Phi) is 5.96. The zero-order valence-corrected chi connectivity index (χ0v) is 20.0. The number of halogens is 1. The van der Waals surface area contributed by atoms with E-state index in [9.17, 15) is 9.18 Å². The van der Waals surface area contributed by atoms with Gasteiger partial charge in [-0.25, -0.2) is 19.4 Å². The van der Waals surface area contributed by atoms with Gasteiger partial charge in [-0.2, -0.15) is 5.10 Å². The van der Waals surface area contributed by atoms with Crippen LogP contribution in [0.25, 0.3) is 16.8 Å². The maximum Gasteiger partial charge on any atom is 0.226 e. The van der Waals surface area contributed by atoms with E-state index < -0.39 is 5.91 Å². The van der Waals surface area contributed by atoms with Gasteiger partial charge < -0.3 is 14.9 Å². The van der Waals surface area contributed by atoms with E-state index in [1.165, 1.54) is 6.07 Å². The number of nitrogens with zero attached hydrogens (tertiary/aromatic N) is 6. The number of nitrogens with one attached hydrogen (secondary N) is 1. The molecule has 0 unspecified atom stereocenters. The minimum atomic E-state index is -0.439. The molecule has 0 saturated carbocycles. The van der Waals surface area contributed by atoms with Crippen LogP contribution in [-0.4, -0.2) is 38.2 Å². The lowest BCUT2D eigenvalue weighted by Crippen LogP contribution is -2.25. The minimum Gasteiger partial charge on any atom is -0.493 e. The molecular formula is C25H25FN8O2. The topological polar surface area (TPSA) is 124 Å². The molecule has 0 bridgehead atoms. The van der Waals surface area contributed by atoms with Gasteiger partial charge in [0.15, 0.2) is 0 Å². The van der Waals surface area contributed by atoms with Crippen LogP contribution in [0.4, 0.5) is 10.2 Å². The molecule has 3 aromatic heterocycles. The number of imidazole rings is 1. The van der Waals surface area contributed by atoms with Crippen molar-refractivity contribution in [2.24, 2.45) is 22.9 Å². The highest BCUT2D eigenvalue weighted by Crippen LogP contribution is 2.32. The predicted molar refractivity (Wildman–Crippen MR) is 133 cm³/mol. The van der Waals surface area contributed by atoms with Crippen LogP contribution in [0.5, 0.6) is 5.75 Å². The summed E-state index contributed by atoms with van der Waals surface area (Å²) in [5.74, 6) is 0.518. The van der Waals surface area contributed by atoms with Crippen molar-refractivity contribution in [2.45, 2.75) is 26.3 Å². The molecule has 0 aliphatic carbocycles. The smallest absolute Gasteiger partial charge is 0.226 e. The Labute approximate surface area is 206 Å². The Morgan fingerprint density at radius 1 is 1.25 bits per heavy atom. The second-order valence-corrected chi connectivity index (χ2v) is 8.51. The largest absolute Gasteiger partial charge is 0.493 e. The van der Waals surface area contributed by atoms with Crippen LogP contribution in [0.3, 0.4) is 0 Å². The summed E-state index contributed by atoms with van der Waals surface area (Å²) in [7, 11) is 1.78. The summed E-state index contributed by atoms with van der Waals surface area (Å²) in [5.41, 5.74) is 13.8. The lowest BCUT2D eigenvalue weighted by Gasteiger charge is -2.15. The van der Waals surface area contributed by atoms with Crippen molar-refractivity contribution in [1.29, 1.82) is 0 Å². The molecular weight excluding hydrogens is 463 g/mol. The molecule has 36 heavy (non-hydrogen) atoms. The Morgan fingerprint density at radius 2 is 2.08 bits per heavy atom. The number of fused-ring (bicyclic) bond motifs is 2. The molecule has 11 heteroatoms. The van der Waals surface area contributed by atoms with E-state index in [0.717, 1.165) is 16.8 Å². The summed E-state index contributed by atoms with van der Waals surface area (Å²) in [6.07, 6.45) is 4.02. The van der Waals surface area contributed by atoms with Gasteiger partial charge in [0.1, 0.15) is 23.0 Å². The lowest BCUT2D eigenvalue weighted by atomic mass is 10.0. The van der Waals surface area contributed by atoms with Crippen molar-refractivity contribution < 1.29 is 13.9 Å². The minimum absolute atomic E-state index is 0.0689. The molecule has 4 aromatic rings. The second-order valence-electron chi connectivity index (χ2n) is 8.51. The highest BCUT2D eigenvalue weighted by Gasteiger charge is 2.20. The fourth-order valence-electron chi connectivity index (χ4n) is 4.58. The zero-order chi connectivity index (χ0) is 25.4. The van der Waals surface area contributed by atoms with Gasteiger partial charge >= 0.3 is 0 Å². The molecule has 1 aliphatic heterocycles. The van der Waals surface area contributed by atoms with Crippen LogP contribution in [0.1, 0.15) is 22.5 Å². The van der Waals surface area contributed by atoms with Gasteiger partial charge in [-0.1, -0.05) is 0 Å². The molecule has 4 heterocycles. The van der Waals surface area contributed by atoms with Gasteiger partial charge in [-0.15, -0.1) is 0 Å². The number of primary amides is 1. The summed E-state index contributed by atoms with van der Waals surface area (Å²) in [6.45, 7) is 6.14. The summed E-state index contributed by atoms with van der Waals surface area (Å²) >= 11 is 0. The number of amides is 1. The maximum absolute atomic E-state index is 14.6. The number of hydrazone groups is 1. The highest BCUT2D eigenvalue weighted by atomic mass is 19.1. The Hall–Kier alpha value is -4.54. The van der Waals surface area contributed by atoms with E-state index in [1.54, 1.807) is 30.1 Å².